The van der Waals surface area contributed by atoms with Crippen molar-refractivity contribution in [3.8, 4) is 0 Å². The summed E-state index contributed by atoms with van der Waals surface area (Å²) < 4.78 is 5.86. The van der Waals surface area contributed by atoms with Crippen LogP contribution in [0.25, 0.3) is 20.2 Å². The molecule has 143 heavy (non-hydrogen) atoms. The summed E-state index contributed by atoms with van der Waals surface area (Å²) in [4.78, 5) is 11.5. The van der Waals surface area contributed by atoms with Gasteiger partial charge in [0.05, 0.1) is 11.4 Å². The lowest BCUT2D eigenvalue weighted by molar-refractivity contribution is 0.152. The van der Waals surface area contributed by atoms with Crippen LogP contribution in [-0.2, 0) is 93.1 Å². The molecule has 0 spiro atoms. The van der Waals surface area contributed by atoms with Gasteiger partial charge >= 0.3 is 0 Å². The maximum Gasteiger partial charge on any atom is 0.264 e. The number of hydrogen-bond acceptors (Lipinski definition) is 6. The largest absolute Gasteiger partial charge is 0.311 e. The minimum atomic E-state index is -0.213. The fourth-order valence-electron chi connectivity index (χ4n) is 31.5. The Labute approximate surface area is 870 Å². The van der Waals surface area contributed by atoms with Gasteiger partial charge in [0.2, 0.25) is 0 Å². The molecule has 0 amide bonds. The van der Waals surface area contributed by atoms with Crippen molar-refractivity contribution in [2.24, 2.45) is 5.92 Å². The number of fused-ring (bicyclic) bond motifs is 20. The van der Waals surface area contributed by atoms with Gasteiger partial charge < -0.3 is 19.6 Å². The molecule has 0 radical (unpaired) electrons. The minimum Gasteiger partial charge on any atom is -0.311 e. The first kappa shape index (κ1) is 96.6. The molecule has 24 rings (SSSR count). The van der Waals surface area contributed by atoms with Crippen LogP contribution in [-0.4, -0.2) is 13.4 Å². The van der Waals surface area contributed by atoms with Gasteiger partial charge in [-0.2, -0.15) is 0 Å². The Morgan fingerprint density at radius 1 is 0.287 bits per heavy atom. The molecular formula is C135H166B2N4S2. The Kier molecular flexibility index (Phi) is 20.4. The molecule has 8 heteroatoms. The molecule has 744 valence electrons. The molecule has 12 aliphatic rings. The average Bonchev–Trinajstić information content (AvgIpc) is 1.64. The molecule has 8 aliphatic carbocycles. The van der Waals surface area contributed by atoms with Crippen LogP contribution in [0.15, 0.2) is 133 Å². The van der Waals surface area contributed by atoms with Crippen LogP contribution < -0.4 is 51.0 Å². The van der Waals surface area contributed by atoms with Crippen molar-refractivity contribution in [2.75, 3.05) is 19.6 Å². The molecule has 0 N–H and O–H groups in total. The second kappa shape index (κ2) is 30.2. The number of benzene rings is 10. The summed E-state index contributed by atoms with van der Waals surface area (Å²) >= 11 is 4.30. The normalized spacial score (nSPS) is 23.9. The van der Waals surface area contributed by atoms with Gasteiger partial charge in [-0.1, -0.05) is 272 Å². The van der Waals surface area contributed by atoms with Crippen LogP contribution in [0.4, 0.5) is 68.2 Å². The van der Waals surface area contributed by atoms with Crippen LogP contribution in [0.1, 0.15) is 455 Å². The second-order valence-corrected chi connectivity index (χ2v) is 61.3. The molecule has 2 unspecified atom stereocenters. The highest BCUT2D eigenvalue weighted by atomic mass is 32.1. The maximum atomic E-state index is 2.90. The van der Waals surface area contributed by atoms with Gasteiger partial charge in [0.1, 0.15) is 0 Å². The van der Waals surface area contributed by atoms with Gasteiger partial charge in [-0.25, -0.2) is 0 Å². The summed E-state index contributed by atoms with van der Waals surface area (Å²) in [5, 5.41) is 2.85. The Morgan fingerprint density at radius 3 is 0.965 bits per heavy atom. The standard InChI is InChI=1S/C135H166B2N4S2/c1-37-79-58-108-114-109(59-79)140(104-68-95-88(56-77(104)4)121(8,9)44-49-127(95,20)21)106-70-97-93(125(16,17)47-51-129(97,24)25)66-102(106)136(114)118-116(84-64-91-99(72-112(84)142-118)131(28,29)53-46-124(91,14)15)138(108)83-39-41-87-100(63-83)134(34,35)81(74-133(87,32)33)75-135(36)55-54-132(30,31)92-65-85-113(73-101(92)135)143-119-117(85)139(82-38-40-86-90(62-82)123(12,13)43-42-120(86,6)7)110-60-80(76(2)3)61-111-115(110)137(119)103-67-94-98(130(26,27)52-48-126(94,18)19)71-107(103)141(111)105-69-96-89(57-78(105)5)122(10,11)45-50-128(96,22)23/h38-41,56-73,76,81H,37,42-55,74-75H2,1-36H3. The minimum absolute atomic E-state index is 0.00253. The van der Waals surface area contributed by atoms with E-state index in [0.717, 1.165) is 51.4 Å². The van der Waals surface area contributed by atoms with E-state index in [1.165, 1.54) is 261 Å². The summed E-state index contributed by atoms with van der Waals surface area (Å²) in [5.41, 5.74) is 52.0. The van der Waals surface area contributed by atoms with Gasteiger partial charge in [-0.05, 0) is 452 Å². The molecule has 0 saturated carbocycles. The van der Waals surface area contributed by atoms with E-state index in [1.807, 2.05) is 0 Å². The molecule has 4 nitrogen and oxygen atoms in total. The lowest BCUT2D eigenvalue weighted by Gasteiger charge is -2.52. The van der Waals surface area contributed by atoms with Gasteiger partial charge in [-0.3, -0.25) is 0 Å². The van der Waals surface area contributed by atoms with Crippen molar-refractivity contribution in [1.82, 2.24) is 0 Å². The molecule has 6 heterocycles. The number of nitrogens with zero attached hydrogens (tertiary/aromatic N) is 4. The van der Waals surface area contributed by atoms with Crippen LogP contribution in [0.5, 0.6) is 0 Å². The topological polar surface area (TPSA) is 13.0 Å². The zero-order valence-corrected chi connectivity index (χ0v) is 96.3. The van der Waals surface area contributed by atoms with Crippen LogP contribution in [0, 0.1) is 19.8 Å². The Morgan fingerprint density at radius 2 is 0.580 bits per heavy atom. The van der Waals surface area contributed by atoms with E-state index < -0.39 is 0 Å². The smallest absolute Gasteiger partial charge is 0.264 e. The van der Waals surface area contributed by atoms with Crippen molar-refractivity contribution < 1.29 is 0 Å². The molecular weight excluding hydrogens is 1760 g/mol. The second-order valence-electron chi connectivity index (χ2n) is 59.2. The molecule has 0 bridgehead atoms. The zero-order valence-electron chi connectivity index (χ0n) is 94.6. The molecule has 2 aromatic heterocycles. The summed E-state index contributed by atoms with van der Waals surface area (Å²) in [7, 11) is 0. The van der Waals surface area contributed by atoms with E-state index in [0.29, 0.717) is 5.92 Å². The summed E-state index contributed by atoms with van der Waals surface area (Å²) in [5.74, 6) is 0.633. The first-order chi connectivity index (χ1) is 66.4. The lowest BCUT2D eigenvalue weighted by Crippen LogP contribution is -2.61. The molecule has 2 atom stereocenters. The SMILES string of the molecule is CCc1cc2c3c(c1)N(c1ccc4c(c1)C(C)(C)C(CC1(C)CCC(C)(C)c5cc6c7c(sc6cc51)B1c5cc6c(cc5N(c5cc8c(cc5C)C(C)(C)CCC8(C)C)c5cc(C(C)C)cc(c51)N7c1ccc5c(c1)C(C)(C)CCC5(C)C)C(C)(C)CCC6(C)C)CC4(C)C)c1c(sc4cc5c(cc14)C(C)(C)CCC5(C)C)B3c1cc3c(cc1N2c1cc2c(cc1C)C(C)(C)CCC2(C)C)C(C)(C)CCC3(C)C. The fourth-order valence-corrected chi connectivity index (χ4v) is 34.2. The Hall–Kier alpha value is -8.55. The van der Waals surface area contributed by atoms with Crippen LogP contribution in [0.3, 0.4) is 0 Å². The highest BCUT2D eigenvalue weighted by Gasteiger charge is 2.57. The van der Waals surface area contributed by atoms with Crippen molar-refractivity contribution in [3.05, 3.63) is 245 Å². The zero-order chi connectivity index (χ0) is 102. The highest BCUT2D eigenvalue weighted by Crippen LogP contribution is 2.65. The first-order valence-corrected chi connectivity index (χ1v) is 57.8. The number of aryl methyl sites for hydroxylation is 3. The summed E-state index contributed by atoms with van der Waals surface area (Å²) in [6, 6.07) is 59.8. The van der Waals surface area contributed by atoms with E-state index in [9.17, 15) is 0 Å². The predicted molar refractivity (Wildman–Crippen MR) is 625 cm³/mol. The summed E-state index contributed by atoms with van der Waals surface area (Å²) in [6.07, 6.45) is 19.5. The third-order valence-corrected chi connectivity index (χ3v) is 44.7. The quantitative estimate of drug-likeness (QED) is 0.141. The predicted octanol–water partition coefficient (Wildman–Crippen LogP) is 34.7. The van der Waals surface area contributed by atoms with Crippen LogP contribution in [0.2, 0.25) is 0 Å². The average molecular weight is 1930 g/mol. The lowest BCUT2D eigenvalue weighted by atomic mass is 9.35. The van der Waals surface area contributed by atoms with Crippen molar-refractivity contribution in [3.63, 3.8) is 0 Å². The Balaban J connectivity index is 0.702. The van der Waals surface area contributed by atoms with Crippen LogP contribution >= 0.6 is 22.7 Å². The fraction of sp³-hybridized carbons (Fsp3) is 0.526. The van der Waals surface area contributed by atoms with E-state index in [1.54, 1.807) is 27.8 Å². The number of thiophene rings is 2. The monoisotopic (exact) mass is 1930 g/mol. The van der Waals surface area contributed by atoms with Crippen molar-refractivity contribution in [2.45, 2.75) is 451 Å². The molecule has 12 aromatic rings. The van der Waals surface area contributed by atoms with Gasteiger partial charge in [0.25, 0.3) is 13.4 Å². The molecule has 0 saturated heterocycles. The first-order valence-electron chi connectivity index (χ1n) is 56.2. The van der Waals surface area contributed by atoms with Gasteiger partial charge in [0, 0.05) is 86.6 Å². The van der Waals surface area contributed by atoms with E-state index in [4.69, 9.17) is 0 Å². The third kappa shape index (κ3) is 13.8. The number of hydrogen-bond donors (Lipinski definition) is 0. The van der Waals surface area contributed by atoms with Crippen molar-refractivity contribution in [1.29, 1.82) is 0 Å². The van der Waals surface area contributed by atoms with E-state index in [2.05, 4.69) is 425 Å². The van der Waals surface area contributed by atoms with Gasteiger partial charge in [-0.15, -0.1) is 22.7 Å². The van der Waals surface area contributed by atoms with E-state index >= 15 is 0 Å². The molecule has 10 aromatic carbocycles. The Bertz CT molecular complexity index is 7560. The summed E-state index contributed by atoms with van der Waals surface area (Å²) in [6.45, 7) is 92.0. The number of anilines is 12. The third-order valence-electron chi connectivity index (χ3n) is 42.3. The number of rotatable bonds is 8. The van der Waals surface area contributed by atoms with Crippen molar-refractivity contribution >= 4 is 156 Å². The molecule has 0 fully saturated rings. The maximum absolute atomic E-state index is 2.90. The highest BCUT2D eigenvalue weighted by molar-refractivity contribution is 7.34. The van der Waals surface area contributed by atoms with Gasteiger partial charge in [0.15, 0.2) is 0 Å². The molecule has 4 aliphatic heterocycles. The van der Waals surface area contributed by atoms with E-state index in [-0.39, 0.29) is 106 Å².